The van der Waals surface area contributed by atoms with E-state index in [9.17, 15) is 4.79 Å². The van der Waals surface area contributed by atoms with Crippen LogP contribution in [-0.4, -0.2) is 63.9 Å². The van der Waals surface area contributed by atoms with Crippen molar-refractivity contribution in [3.05, 3.63) is 72.2 Å². The van der Waals surface area contributed by atoms with Gasteiger partial charge < -0.3 is 9.80 Å². The van der Waals surface area contributed by atoms with E-state index in [-0.39, 0.29) is 12.2 Å². The Hall–Kier alpha value is -3.58. The Balaban J connectivity index is 1.36. The third-order valence-electron chi connectivity index (χ3n) is 6.05. The van der Waals surface area contributed by atoms with Crippen molar-refractivity contribution in [2.75, 3.05) is 38.1 Å². The van der Waals surface area contributed by atoms with Gasteiger partial charge in [0, 0.05) is 61.6 Å². The number of anilines is 1. The maximum atomic E-state index is 13.0. The van der Waals surface area contributed by atoms with E-state index in [1.807, 2.05) is 55.8 Å². The summed E-state index contributed by atoms with van der Waals surface area (Å²) in [4.78, 5) is 17.7. The Morgan fingerprint density at radius 3 is 2.56 bits per heavy atom. The summed E-state index contributed by atoms with van der Waals surface area (Å²) >= 11 is 0. The summed E-state index contributed by atoms with van der Waals surface area (Å²) in [5.74, 6) is 0.0537. The molecule has 4 aromatic rings. The fourth-order valence-corrected chi connectivity index (χ4v) is 4.13. The molecule has 3 heterocycles. The minimum Gasteiger partial charge on any atom is -0.369 e. The van der Waals surface area contributed by atoms with E-state index in [2.05, 4.69) is 44.3 Å². The van der Waals surface area contributed by atoms with Gasteiger partial charge in [0.2, 0.25) is 0 Å². The molecule has 7 nitrogen and oxygen atoms in total. The first kappa shape index (κ1) is 20.3. The van der Waals surface area contributed by atoms with Crippen molar-refractivity contribution < 1.29 is 4.79 Å². The number of fused-ring (bicyclic) bond motifs is 1. The predicted molar refractivity (Wildman–Crippen MR) is 126 cm³/mol. The first-order valence-corrected chi connectivity index (χ1v) is 10.9. The molecule has 32 heavy (non-hydrogen) atoms. The molecule has 0 saturated carbocycles. The van der Waals surface area contributed by atoms with Crippen LogP contribution in [0.25, 0.3) is 22.0 Å². The van der Waals surface area contributed by atoms with Crippen molar-refractivity contribution in [3.8, 4) is 11.1 Å². The van der Waals surface area contributed by atoms with Crippen LogP contribution in [0.5, 0.6) is 0 Å². The molecule has 7 heteroatoms. The summed E-state index contributed by atoms with van der Waals surface area (Å²) in [6.45, 7) is 4.02. The van der Waals surface area contributed by atoms with Crippen molar-refractivity contribution in [2.45, 2.75) is 6.42 Å². The monoisotopic (exact) mass is 426 g/mol. The summed E-state index contributed by atoms with van der Waals surface area (Å²) in [6.07, 6.45) is 4.05. The van der Waals surface area contributed by atoms with E-state index in [0.717, 1.165) is 53.9 Å². The first-order chi connectivity index (χ1) is 15.5. The lowest BCUT2D eigenvalue weighted by Crippen LogP contribution is -2.44. The zero-order valence-corrected chi connectivity index (χ0v) is 18.4. The highest BCUT2D eigenvalue weighted by Gasteiger charge is 2.16. The van der Waals surface area contributed by atoms with Crippen molar-refractivity contribution in [1.82, 2.24) is 24.9 Å². The van der Waals surface area contributed by atoms with Gasteiger partial charge in [0.05, 0.1) is 23.8 Å². The highest BCUT2D eigenvalue weighted by atomic mass is 16.1. The number of rotatable bonds is 5. The van der Waals surface area contributed by atoms with Crippen LogP contribution >= 0.6 is 0 Å². The number of hydrogen-bond acceptors (Lipinski definition) is 6. The fourth-order valence-electron chi connectivity index (χ4n) is 4.13. The van der Waals surface area contributed by atoms with E-state index in [1.54, 1.807) is 4.68 Å². The normalized spacial score (nSPS) is 14.8. The standard InChI is InChI=1S/C25H26N6O/c1-29-8-10-31(11-9-29)23-5-3-4-19(14-23)25(32)15-22-13-20-12-18(6-7-24(20)28-27-22)21-16-26-30(2)17-21/h3-7,12-14,16-17H,8-11,15H2,1-2H3. The molecule has 0 spiro atoms. The molecule has 2 aromatic carbocycles. The van der Waals surface area contributed by atoms with Gasteiger partial charge in [-0.05, 0) is 42.9 Å². The first-order valence-electron chi connectivity index (χ1n) is 10.9. The summed E-state index contributed by atoms with van der Waals surface area (Å²) < 4.78 is 1.78. The number of piperazine rings is 1. The summed E-state index contributed by atoms with van der Waals surface area (Å²) in [5.41, 5.74) is 5.42. The number of aromatic nitrogens is 4. The van der Waals surface area contributed by atoms with Gasteiger partial charge in [0.1, 0.15) is 0 Å². The maximum absolute atomic E-state index is 13.0. The Morgan fingerprint density at radius 2 is 1.78 bits per heavy atom. The number of ketones is 1. The Labute approximate surface area is 187 Å². The second-order valence-electron chi connectivity index (χ2n) is 8.45. The Morgan fingerprint density at radius 1 is 0.938 bits per heavy atom. The molecule has 0 unspecified atom stereocenters. The van der Waals surface area contributed by atoms with E-state index in [4.69, 9.17) is 0 Å². The molecule has 0 N–H and O–H groups in total. The quantitative estimate of drug-likeness (QED) is 0.457. The van der Waals surface area contributed by atoms with Gasteiger partial charge in [-0.2, -0.15) is 15.3 Å². The van der Waals surface area contributed by atoms with E-state index >= 15 is 0 Å². The van der Waals surface area contributed by atoms with Crippen LogP contribution in [0, 0.1) is 0 Å². The van der Waals surface area contributed by atoms with Gasteiger partial charge in [-0.3, -0.25) is 9.48 Å². The molecule has 0 radical (unpaired) electrons. The summed E-state index contributed by atoms with van der Waals surface area (Å²) in [5, 5.41) is 13.8. The molecule has 1 aliphatic rings. The number of likely N-dealkylation sites (N-methyl/N-ethyl adjacent to an activating group) is 1. The van der Waals surface area contributed by atoms with E-state index < -0.39 is 0 Å². The minimum atomic E-state index is 0.0537. The van der Waals surface area contributed by atoms with Gasteiger partial charge in [-0.25, -0.2) is 0 Å². The minimum absolute atomic E-state index is 0.0537. The Kier molecular flexibility index (Phi) is 5.41. The summed E-state index contributed by atoms with van der Waals surface area (Å²) in [7, 11) is 4.04. The third kappa shape index (κ3) is 4.24. The maximum Gasteiger partial charge on any atom is 0.168 e. The van der Waals surface area contributed by atoms with Gasteiger partial charge in [-0.1, -0.05) is 18.2 Å². The molecule has 1 aliphatic heterocycles. The number of nitrogens with zero attached hydrogens (tertiary/aromatic N) is 6. The largest absolute Gasteiger partial charge is 0.369 e. The van der Waals surface area contributed by atoms with Crippen LogP contribution in [0.15, 0.2) is 60.9 Å². The van der Waals surface area contributed by atoms with Crippen molar-refractivity contribution in [2.24, 2.45) is 7.05 Å². The van der Waals surface area contributed by atoms with E-state index in [1.165, 1.54) is 0 Å². The van der Waals surface area contributed by atoms with Crippen LogP contribution in [-0.2, 0) is 13.5 Å². The Bertz CT molecular complexity index is 1270. The summed E-state index contributed by atoms with van der Waals surface area (Å²) in [6, 6.07) is 15.9. The highest BCUT2D eigenvalue weighted by Crippen LogP contribution is 2.24. The lowest BCUT2D eigenvalue weighted by Gasteiger charge is -2.34. The second-order valence-corrected chi connectivity index (χ2v) is 8.45. The highest BCUT2D eigenvalue weighted by molar-refractivity contribution is 5.98. The number of carbonyl (C=O) groups excluding carboxylic acids is 1. The number of benzene rings is 2. The molecule has 1 saturated heterocycles. The molecular weight excluding hydrogens is 400 g/mol. The number of Topliss-reactive ketones (excluding diaryl/α,β-unsaturated/α-hetero) is 1. The predicted octanol–water partition coefficient (Wildman–Crippen LogP) is 3.21. The van der Waals surface area contributed by atoms with Crippen LogP contribution in [0.1, 0.15) is 16.1 Å². The smallest absolute Gasteiger partial charge is 0.168 e. The fraction of sp³-hybridized carbons (Fsp3) is 0.280. The molecule has 0 aliphatic carbocycles. The van der Waals surface area contributed by atoms with Crippen molar-refractivity contribution in [3.63, 3.8) is 0 Å². The molecular formula is C25H26N6O. The van der Waals surface area contributed by atoms with Gasteiger partial charge >= 0.3 is 0 Å². The lowest BCUT2D eigenvalue weighted by molar-refractivity contribution is 0.0991. The second kappa shape index (κ2) is 8.51. The van der Waals surface area contributed by atoms with Gasteiger partial charge in [0.15, 0.2) is 5.78 Å². The average molecular weight is 427 g/mol. The van der Waals surface area contributed by atoms with Crippen LogP contribution < -0.4 is 4.90 Å². The molecule has 1 fully saturated rings. The zero-order chi connectivity index (χ0) is 22.1. The van der Waals surface area contributed by atoms with Crippen molar-refractivity contribution in [1.29, 1.82) is 0 Å². The van der Waals surface area contributed by atoms with E-state index in [0.29, 0.717) is 11.3 Å². The topological polar surface area (TPSA) is 67.2 Å². The molecule has 162 valence electrons. The number of carbonyl (C=O) groups is 1. The number of aryl methyl sites for hydroxylation is 1. The average Bonchev–Trinajstić information content (AvgIpc) is 3.25. The SMILES string of the molecule is CN1CCN(c2cccc(C(=O)Cc3cc4cc(-c5cnn(C)c5)ccc4nn3)c2)CC1. The van der Waals surface area contributed by atoms with Gasteiger partial charge in [-0.15, -0.1) is 0 Å². The molecule has 0 atom stereocenters. The number of hydrogen-bond donors (Lipinski definition) is 0. The van der Waals surface area contributed by atoms with Crippen molar-refractivity contribution >= 4 is 22.4 Å². The zero-order valence-electron chi connectivity index (χ0n) is 18.4. The third-order valence-corrected chi connectivity index (χ3v) is 6.05. The van der Waals surface area contributed by atoms with Crippen LogP contribution in [0.2, 0.25) is 0 Å². The van der Waals surface area contributed by atoms with Crippen LogP contribution in [0.4, 0.5) is 5.69 Å². The molecule has 5 rings (SSSR count). The van der Waals surface area contributed by atoms with Crippen LogP contribution in [0.3, 0.4) is 0 Å². The molecule has 0 bridgehead atoms. The lowest BCUT2D eigenvalue weighted by atomic mass is 10.0. The van der Waals surface area contributed by atoms with Gasteiger partial charge in [0.25, 0.3) is 0 Å². The molecule has 2 aromatic heterocycles. The molecule has 0 amide bonds.